The molecule has 3 heteroatoms. The molecule has 0 spiro atoms. The van der Waals surface area contributed by atoms with Crippen LogP contribution < -0.4 is 0 Å². The number of rotatable bonds is 3. The predicted molar refractivity (Wildman–Crippen MR) is 65.9 cm³/mol. The summed E-state index contributed by atoms with van der Waals surface area (Å²) >= 11 is 1.66. The van der Waals surface area contributed by atoms with Crippen LogP contribution in [-0.4, -0.2) is 5.11 Å². The summed E-state index contributed by atoms with van der Waals surface area (Å²) in [6.45, 7) is 5.84. The fourth-order valence-corrected chi connectivity index (χ4v) is 2.72. The fraction of sp³-hybridized carbons (Fsp3) is 0.385. The molecule has 2 aromatic heterocycles. The molecule has 0 aliphatic rings. The maximum Gasteiger partial charge on any atom is 0.107 e. The zero-order valence-electron chi connectivity index (χ0n) is 9.78. The lowest BCUT2D eigenvalue weighted by molar-refractivity contribution is 0.176. The maximum atomic E-state index is 10.2. The Kier molecular flexibility index (Phi) is 3.17. The van der Waals surface area contributed by atoms with Gasteiger partial charge in [-0.15, -0.1) is 0 Å². The van der Waals surface area contributed by atoms with Crippen LogP contribution in [0.15, 0.2) is 21.2 Å². The first kappa shape index (κ1) is 11.4. The zero-order valence-corrected chi connectivity index (χ0v) is 10.6. The van der Waals surface area contributed by atoms with Crippen molar-refractivity contribution in [2.24, 2.45) is 0 Å². The van der Waals surface area contributed by atoms with Gasteiger partial charge in [0.15, 0.2) is 0 Å². The van der Waals surface area contributed by atoms with Crippen LogP contribution in [-0.2, 0) is 6.42 Å². The first-order valence-corrected chi connectivity index (χ1v) is 6.29. The number of hydrogen-bond acceptors (Lipinski definition) is 3. The van der Waals surface area contributed by atoms with Gasteiger partial charge in [0.05, 0.1) is 6.10 Å². The minimum Gasteiger partial charge on any atom is -0.466 e. The monoisotopic (exact) mass is 236 g/mol. The zero-order chi connectivity index (χ0) is 11.7. The summed E-state index contributed by atoms with van der Waals surface area (Å²) in [7, 11) is 0. The molecule has 2 heterocycles. The Balaban J connectivity index is 2.24. The highest BCUT2D eigenvalue weighted by Gasteiger charge is 2.19. The molecule has 16 heavy (non-hydrogen) atoms. The lowest BCUT2D eigenvalue weighted by Gasteiger charge is -2.10. The molecule has 0 amide bonds. The van der Waals surface area contributed by atoms with Gasteiger partial charge in [0.2, 0.25) is 0 Å². The summed E-state index contributed by atoms with van der Waals surface area (Å²) in [6, 6.07) is 2.05. The summed E-state index contributed by atoms with van der Waals surface area (Å²) in [5.74, 6) is 1.73. The van der Waals surface area contributed by atoms with Gasteiger partial charge in [-0.1, -0.05) is 0 Å². The van der Waals surface area contributed by atoms with E-state index >= 15 is 0 Å². The van der Waals surface area contributed by atoms with E-state index in [9.17, 15) is 5.11 Å². The van der Waals surface area contributed by atoms with E-state index < -0.39 is 6.10 Å². The Morgan fingerprint density at radius 2 is 2.06 bits per heavy atom. The van der Waals surface area contributed by atoms with Crippen LogP contribution in [0.3, 0.4) is 0 Å². The van der Waals surface area contributed by atoms with Crippen LogP contribution in [0.25, 0.3) is 0 Å². The van der Waals surface area contributed by atoms with Gasteiger partial charge in [-0.25, -0.2) is 0 Å². The molecule has 1 unspecified atom stereocenters. The van der Waals surface area contributed by atoms with E-state index in [4.69, 9.17) is 4.42 Å². The topological polar surface area (TPSA) is 33.4 Å². The van der Waals surface area contributed by atoms with Gasteiger partial charge in [-0.3, -0.25) is 0 Å². The molecular weight excluding hydrogens is 220 g/mol. The van der Waals surface area contributed by atoms with Crippen LogP contribution >= 0.6 is 11.3 Å². The van der Waals surface area contributed by atoms with Crippen molar-refractivity contribution in [3.63, 3.8) is 0 Å². The van der Waals surface area contributed by atoms with Crippen LogP contribution in [0.5, 0.6) is 0 Å². The van der Waals surface area contributed by atoms with Gasteiger partial charge in [-0.05, 0) is 48.7 Å². The van der Waals surface area contributed by atoms with Crippen LogP contribution in [0, 0.1) is 20.8 Å². The normalized spacial score (nSPS) is 13.0. The number of aliphatic hydroxyl groups is 1. The Hall–Kier alpha value is -1.06. The van der Waals surface area contributed by atoms with E-state index in [0.717, 1.165) is 22.6 Å². The third kappa shape index (κ3) is 2.06. The van der Waals surface area contributed by atoms with Gasteiger partial charge in [0.1, 0.15) is 11.5 Å². The van der Waals surface area contributed by atoms with Crippen molar-refractivity contribution in [1.82, 2.24) is 0 Å². The van der Waals surface area contributed by atoms with Gasteiger partial charge in [0.25, 0.3) is 0 Å². The molecule has 2 nitrogen and oxygen atoms in total. The Morgan fingerprint density at radius 1 is 1.31 bits per heavy atom. The van der Waals surface area contributed by atoms with Crippen molar-refractivity contribution in [3.05, 3.63) is 45.0 Å². The fourth-order valence-electron chi connectivity index (χ4n) is 2.03. The summed E-state index contributed by atoms with van der Waals surface area (Å²) in [6.07, 6.45) is 0.191. The summed E-state index contributed by atoms with van der Waals surface area (Å²) in [5, 5.41) is 14.3. The highest BCUT2D eigenvalue weighted by Crippen LogP contribution is 2.29. The van der Waals surface area contributed by atoms with E-state index in [1.807, 2.05) is 32.2 Å². The van der Waals surface area contributed by atoms with E-state index in [1.54, 1.807) is 11.3 Å². The largest absolute Gasteiger partial charge is 0.466 e. The SMILES string of the molecule is Cc1oc(C)c(C(O)Cc2ccsc2)c1C. The van der Waals surface area contributed by atoms with Gasteiger partial charge in [0, 0.05) is 12.0 Å². The molecule has 0 aliphatic heterocycles. The highest BCUT2D eigenvalue weighted by molar-refractivity contribution is 7.07. The molecule has 1 N–H and O–H groups in total. The smallest absolute Gasteiger partial charge is 0.107 e. The Morgan fingerprint density at radius 3 is 2.56 bits per heavy atom. The van der Waals surface area contributed by atoms with Crippen molar-refractivity contribution in [2.75, 3.05) is 0 Å². The number of aliphatic hydroxyl groups excluding tert-OH is 1. The Labute approximate surface area is 99.5 Å². The molecular formula is C13H16O2S. The molecule has 0 saturated heterocycles. The molecule has 0 aromatic carbocycles. The van der Waals surface area contributed by atoms with E-state index in [1.165, 1.54) is 5.56 Å². The highest BCUT2D eigenvalue weighted by atomic mass is 32.1. The predicted octanol–water partition coefficient (Wildman–Crippen LogP) is 3.54. The number of thiophene rings is 1. The molecule has 2 aromatic rings. The van der Waals surface area contributed by atoms with E-state index in [-0.39, 0.29) is 0 Å². The minimum atomic E-state index is -0.466. The van der Waals surface area contributed by atoms with Crippen LogP contribution in [0.2, 0.25) is 0 Å². The van der Waals surface area contributed by atoms with Crippen molar-refractivity contribution < 1.29 is 9.52 Å². The van der Waals surface area contributed by atoms with Crippen LogP contribution in [0.4, 0.5) is 0 Å². The van der Waals surface area contributed by atoms with Gasteiger partial charge in [-0.2, -0.15) is 11.3 Å². The summed E-state index contributed by atoms with van der Waals surface area (Å²) in [4.78, 5) is 0. The maximum absolute atomic E-state index is 10.2. The van der Waals surface area contributed by atoms with Crippen molar-refractivity contribution >= 4 is 11.3 Å². The Bertz CT molecular complexity index is 468. The molecule has 2 rings (SSSR count). The minimum absolute atomic E-state index is 0.466. The molecule has 0 saturated carbocycles. The van der Waals surface area contributed by atoms with Crippen LogP contribution in [0.1, 0.15) is 34.3 Å². The summed E-state index contributed by atoms with van der Waals surface area (Å²) in [5.41, 5.74) is 3.19. The molecule has 1 atom stereocenters. The number of aryl methyl sites for hydroxylation is 2. The first-order chi connectivity index (χ1) is 7.59. The number of furan rings is 1. The average molecular weight is 236 g/mol. The molecule has 0 bridgehead atoms. The van der Waals surface area contributed by atoms with Crippen molar-refractivity contribution in [2.45, 2.75) is 33.3 Å². The lowest BCUT2D eigenvalue weighted by Crippen LogP contribution is -2.03. The van der Waals surface area contributed by atoms with Crippen molar-refractivity contribution in [1.29, 1.82) is 0 Å². The molecule has 0 radical (unpaired) electrons. The second-order valence-corrected chi connectivity index (χ2v) is 4.88. The summed E-state index contributed by atoms with van der Waals surface area (Å²) < 4.78 is 5.53. The quantitative estimate of drug-likeness (QED) is 0.884. The lowest BCUT2D eigenvalue weighted by atomic mass is 10.00. The third-order valence-electron chi connectivity index (χ3n) is 2.96. The second-order valence-electron chi connectivity index (χ2n) is 4.10. The average Bonchev–Trinajstić information content (AvgIpc) is 2.77. The van der Waals surface area contributed by atoms with Gasteiger partial charge >= 0.3 is 0 Å². The standard InChI is InChI=1S/C13H16O2S/c1-8-9(2)15-10(3)13(8)12(14)6-11-4-5-16-7-11/h4-5,7,12,14H,6H2,1-3H3. The molecule has 0 fully saturated rings. The van der Waals surface area contributed by atoms with E-state index in [2.05, 4.69) is 5.38 Å². The second kappa shape index (κ2) is 4.44. The molecule has 0 aliphatic carbocycles. The van der Waals surface area contributed by atoms with E-state index in [0.29, 0.717) is 6.42 Å². The molecule has 86 valence electrons. The number of hydrogen-bond donors (Lipinski definition) is 1. The first-order valence-electron chi connectivity index (χ1n) is 5.35. The third-order valence-corrected chi connectivity index (χ3v) is 3.69. The van der Waals surface area contributed by atoms with Crippen molar-refractivity contribution in [3.8, 4) is 0 Å². The van der Waals surface area contributed by atoms with Gasteiger partial charge < -0.3 is 9.52 Å².